The van der Waals surface area contributed by atoms with Gasteiger partial charge in [0.15, 0.2) is 5.88 Å². The maximum atomic E-state index is 5.33. The number of aromatic nitrogens is 2. The lowest BCUT2D eigenvalue weighted by Crippen LogP contribution is -1.91. The summed E-state index contributed by atoms with van der Waals surface area (Å²) in [6.45, 7) is 2.11. The van der Waals surface area contributed by atoms with Crippen LogP contribution < -0.4 is 4.74 Å². The van der Waals surface area contributed by atoms with E-state index in [0.717, 1.165) is 23.6 Å². The zero-order valence-electron chi connectivity index (χ0n) is 11.1. The molecule has 0 saturated carbocycles. The normalized spacial score (nSPS) is 10.8. The van der Waals surface area contributed by atoms with Crippen molar-refractivity contribution >= 4 is 5.65 Å². The molecule has 0 atom stereocenters. The van der Waals surface area contributed by atoms with E-state index in [-0.39, 0.29) is 0 Å². The fourth-order valence-corrected chi connectivity index (χ4v) is 2.32. The van der Waals surface area contributed by atoms with Crippen molar-refractivity contribution in [2.24, 2.45) is 0 Å². The third-order valence-corrected chi connectivity index (χ3v) is 3.18. The standard InChI is InChI=1S/C16H16N2O/c1-12-5-3-6-13(9-12)10-14-11-18-15(17-14)7-4-8-16(18)19-2/h3-9,11H,10H2,1-2H3. The van der Waals surface area contributed by atoms with E-state index in [1.165, 1.54) is 11.1 Å². The van der Waals surface area contributed by atoms with Gasteiger partial charge in [0.2, 0.25) is 0 Å². The summed E-state index contributed by atoms with van der Waals surface area (Å²) in [5.41, 5.74) is 4.53. The molecule has 0 aliphatic carbocycles. The summed E-state index contributed by atoms with van der Waals surface area (Å²) in [6.07, 6.45) is 2.88. The minimum atomic E-state index is 0.806. The largest absolute Gasteiger partial charge is 0.482 e. The number of methoxy groups -OCH3 is 1. The average Bonchev–Trinajstić information content (AvgIpc) is 2.80. The van der Waals surface area contributed by atoms with E-state index < -0.39 is 0 Å². The zero-order chi connectivity index (χ0) is 13.2. The van der Waals surface area contributed by atoms with Crippen molar-refractivity contribution < 1.29 is 4.74 Å². The van der Waals surface area contributed by atoms with Gasteiger partial charge in [-0.2, -0.15) is 0 Å². The first-order valence-electron chi connectivity index (χ1n) is 6.33. The second kappa shape index (κ2) is 4.76. The van der Waals surface area contributed by atoms with Crippen LogP contribution in [0.2, 0.25) is 0 Å². The quantitative estimate of drug-likeness (QED) is 0.715. The Kier molecular flexibility index (Phi) is 2.95. The van der Waals surface area contributed by atoms with E-state index in [2.05, 4.69) is 36.2 Å². The fourth-order valence-electron chi connectivity index (χ4n) is 2.32. The summed E-state index contributed by atoms with van der Waals surface area (Å²) in [6, 6.07) is 14.4. The molecule has 0 bridgehead atoms. The number of ether oxygens (including phenoxy) is 1. The van der Waals surface area contributed by atoms with Gasteiger partial charge in [-0.3, -0.25) is 4.40 Å². The molecule has 3 rings (SSSR count). The molecule has 0 N–H and O–H groups in total. The lowest BCUT2D eigenvalue weighted by Gasteiger charge is -2.01. The summed E-state index contributed by atoms with van der Waals surface area (Å²) in [5, 5.41) is 0. The molecule has 0 aliphatic rings. The highest BCUT2D eigenvalue weighted by atomic mass is 16.5. The van der Waals surface area contributed by atoms with Crippen LogP contribution in [0.4, 0.5) is 0 Å². The number of aryl methyl sites for hydroxylation is 1. The van der Waals surface area contributed by atoms with Crippen LogP contribution in [-0.2, 0) is 6.42 Å². The Morgan fingerprint density at radius 3 is 2.79 bits per heavy atom. The Morgan fingerprint density at radius 2 is 2.00 bits per heavy atom. The molecule has 0 unspecified atom stereocenters. The van der Waals surface area contributed by atoms with Crippen molar-refractivity contribution in [1.82, 2.24) is 9.38 Å². The minimum Gasteiger partial charge on any atom is -0.482 e. The van der Waals surface area contributed by atoms with E-state index in [9.17, 15) is 0 Å². The molecule has 3 nitrogen and oxygen atoms in total. The fraction of sp³-hybridized carbons (Fsp3) is 0.188. The van der Waals surface area contributed by atoms with Gasteiger partial charge in [0, 0.05) is 12.6 Å². The number of hydrogen-bond donors (Lipinski definition) is 0. The van der Waals surface area contributed by atoms with Gasteiger partial charge in [-0.1, -0.05) is 35.9 Å². The Morgan fingerprint density at radius 1 is 1.16 bits per heavy atom. The van der Waals surface area contributed by atoms with Crippen LogP contribution in [-0.4, -0.2) is 16.5 Å². The monoisotopic (exact) mass is 252 g/mol. The molecule has 0 radical (unpaired) electrons. The van der Waals surface area contributed by atoms with Gasteiger partial charge < -0.3 is 4.74 Å². The second-order valence-corrected chi connectivity index (χ2v) is 4.69. The molecule has 0 saturated heterocycles. The lowest BCUT2D eigenvalue weighted by atomic mass is 10.1. The van der Waals surface area contributed by atoms with Crippen molar-refractivity contribution in [2.45, 2.75) is 13.3 Å². The Hall–Kier alpha value is -2.29. The highest BCUT2D eigenvalue weighted by Crippen LogP contribution is 2.17. The molecule has 2 aromatic heterocycles. The number of pyridine rings is 1. The van der Waals surface area contributed by atoms with Crippen LogP contribution in [0.15, 0.2) is 48.7 Å². The van der Waals surface area contributed by atoms with E-state index in [1.807, 2.05) is 28.8 Å². The van der Waals surface area contributed by atoms with Crippen LogP contribution in [0.25, 0.3) is 5.65 Å². The summed E-state index contributed by atoms with van der Waals surface area (Å²) >= 11 is 0. The van der Waals surface area contributed by atoms with Crippen LogP contribution in [0.3, 0.4) is 0 Å². The number of hydrogen-bond acceptors (Lipinski definition) is 2. The van der Waals surface area contributed by atoms with Gasteiger partial charge in [-0.25, -0.2) is 4.98 Å². The molecule has 3 heteroatoms. The van der Waals surface area contributed by atoms with Crippen molar-refractivity contribution in [3.8, 4) is 5.88 Å². The molecule has 3 aromatic rings. The summed E-state index contributed by atoms with van der Waals surface area (Å²) in [7, 11) is 1.68. The average molecular weight is 252 g/mol. The summed E-state index contributed by atoms with van der Waals surface area (Å²) < 4.78 is 7.31. The van der Waals surface area contributed by atoms with Gasteiger partial charge in [0.1, 0.15) is 5.65 Å². The highest BCUT2D eigenvalue weighted by molar-refractivity contribution is 5.44. The maximum absolute atomic E-state index is 5.33. The Balaban J connectivity index is 1.98. The Labute approximate surface area is 112 Å². The first-order chi connectivity index (χ1) is 9.26. The number of benzene rings is 1. The lowest BCUT2D eigenvalue weighted by molar-refractivity contribution is 0.392. The van der Waals surface area contributed by atoms with Crippen LogP contribution in [0, 0.1) is 6.92 Å². The number of fused-ring (bicyclic) bond motifs is 1. The molecule has 0 fully saturated rings. The maximum Gasteiger partial charge on any atom is 0.198 e. The van der Waals surface area contributed by atoms with Gasteiger partial charge in [-0.05, 0) is 24.6 Å². The van der Waals surface area contributed by atoms with Gasteiger partial charge in [-0.15, -0.1) is 0 Å². The van der Waals surface area contributed by atoms with Crippen molar-refractivity contribution in [1.29, 1.82) is 0 Å². The van der Waals surface area contributed by atoms with Crippen molar-refractivity contribution in [3.63, 3.8) is 0 Å². The summed E-state index contributed by atoms with van der Waals surface area (Å²) in [4.78, 5) is 4.63. The second-order valence-electron chi connectivity index (χ2n) is 4.69. The molecular weight excluding hydrogens is 236 g/mol. The molecular formula is C16H16N2O. The molecule has 96 valence electrons. The van der Waals surface area contributed by atoms with Crippen LogP contribution in [0.5, 0.6) is 5.88 Å². The molecule has 0 amide bonds. The third-order valence-electron chi connectivity index (χ3n) is 3.18. The first kappa shape index (κ1) is 11.8. The smallest absolute Gasteiger partial charge is 0.198 e. The predicted molar refractivity (Wildman–Crippen MR) is 75.7 cm³/mol. The van der Waals surface area contributed by atoms with E-state index >= 15 is 0 Å². The van der Waals surface area contributed by atoms with E-state index in [4.69, 9.17) is 4.74 Å². The van der Waals surface area contributed by atoms with Crippen LogP contribution >= 0.6 is 0 Å². The first-order valence-corrected chi connectivity index (χ1v) is 6.33. The molecule has 0 aliphatic heterocycles. The zero-order valence-corrected chi connectivity index (χ0v) is 11.1. The molecule has 19 heavy (non-hydrogen) atoms. The topological polar surface area (TPSA) is 26.5 Å². The SMILES string of the molecule is COc1cccc2nc(Cc3cccc(C)c3)cn12. The molecule has 0 spiro atoms. The summed E-state index contributed by atoms with van der Waals surface area (Å²) in [5.74, 6) is 0.806. The van der Waals surface area contributed by atoms with Gasteiger partial charge in [0.05, 0.1) is 12.8 Å². The number of rotatable bonds is 3. The Bertz CT molecular complexity index is 716. The van der Waals surface area contributed by atoms with Crippen molar-refractivity contribution in [2.75, 3.05) is 7.11 Å². The minimum absolute atomic E-state index is 0.806. The predicted octanol–water partition coefficient (Wildman–Crippen LogP) is 3.24. The van der Waals surface area contributed by atoms with Crippen LogP contribution in [0.1, 0.15) is 16.8 Å². The molecule has 2 heterocycles. The van der Waals surface area contributed by atoms with E-state index in [1.54, 1.807) is 7.11 Å². The van der Waals surface area contributed by atoms with Gasteiger partial charge in [0.25, 0.3) is 0 Å². The molecule has 1 aromatic carbocycles. The third kappa shape index (κ3) is 2.32. The number of imidazole rings is 1. The highest BCUT2D eigenvalue weighted by Gasteiger charge is 2.06. The van der Waals surface area contributed by atoms with E-state index in [0.29, 0.717) is 0 Å². The van der Waals surface area contributed by atoms with Gasteiger partial charge >= 0.3 is 0 Å². The van der Waals surface area contributed by atoms with Crippen molar-refractivity contribution in [3.05, 3.63) is 65.5 Å². The number of nitrogens with zero attached hydrogens (tertiary/aromatic N) is 2.